The first-order chi connectivity index (χ1) is 6.99. The number of benzene rings is 1. The lowest BCUT2D eigenvalue weighted by atomic mass is 10.1. The van der Waals surface area contributed by atoms with Crippen molar-refractivity contribution in [3.05, 3.63) is 29.3 Å². The fourth-order valence-corrected chi connectivity index (χ4v) is 1.20. The van der Waals surface area contributed by atoms with Gasteiger partial charge in [-0.1, -0.05) is 6.07 Å². The van der Waals surface area contributed by atoms with E-state index in [0.717, 1.165) is 12.1 Å². The van der Waals surface area contributed by atoms with Gasteiger partial charge < -0.3 is 9.47 Å². The summed E-state index contributed by atoms with van der Waals surface area (Å²) in [5, 5.41) is 0. The number of rotatable bonds is 3. The van der Waals surface area contributed by atoms with Crippen molar-refractivity contribution in [2.75, 3.05) is 14.2 Å². The van der Waals surface area contributed by atoms with Crippen LogP contribution in [0.1, 0.15) is 11.1 Å². The van der Waals surface area contributed by atoms with Crippen LogP contribution in [0.5, 0.6) is 5.75 Å². The quantitative estimate of drug-likeness (QED) is 0.779. The Bertz CT molecular complexity index is 334. The van der Waals surface area contributed by atoms with E-state index in [1.807, 2.05) is 0 Å². The lowest BCUT2D eigenvalue weighted by Crippen LogP contribution is -2.06. The van der Waals surface area contributed by atoms with Crippen LogP contribution in [0.15, 0.2) is 18.2 Å². The lowest BCUT2D eigenvalue weighted by molar-refractivity contribution is -0.137. The topological polar surface area (TPSA) is 18.5 Å². The number of hydrogen-bond acceptors (Lipinski definition) is 2. The molecule has 1 rings (SSSR count). The van der Waals surface area contributed by atoms with E-state index in [9.17, 15) is 13.2 Å². The third-order valence-corrected chi connectivity index (χ3v) is 1.91. The van der Waals surface area contributed by atoms with Gasteiger partial charge in [0.15, 0.2) is 0 Å². The van der Waals surface area contributed by atoms with Crippen molar-refractivity contribution in [2.45, 2.75) is 12.8 Å². The Kier molecular flexibility index (Phi) is 3.57. The summed E-state index contributed by atoms with van der Waals surface area (Å²) in [6.45, 7) is 0.224. The van der Waals surface area contributed by atoms with Gasteiger partial charge in [-0.25, -0.2) is 0 Å². The van der Waals surface area contributed by atoms with Gasteiger partial charge in [-0.3, -0.25) is 0 Å². The summed E-state index contributed by atoms with van der Waals surface area (Å²) in [7, 11) is 2.80. The van der Waals surface area contributed by atoms with Gasteiger partial charge in [0.25, 0.3) is 0 Å². The zero-order valence-corrected chi connectivity index (χ0v) is 8.39. The fourth-order valence-electron chi connectivity index (χ4n) is 1.20. The highest BCUT2D eigenvalue weighted by Crippen LogP contribution is 2.33. The first kappa shape index (κ1) is 11.8. The predicted octanol–water partition coefficient (Wildman–Crippen LogP) is 2.86. The van der Waals surface area contributed by atoms with Gasteiger partial charge in [0.2, 0.25) is 0 Å². The van der Waals surface area contributed by atoms with E-state index in [2.05, 4.69) is 0 Å². The van der Waals surface area contributed by atoms with Gasteiger partial charge in [0.1, 0.15) is 5.75 Å². The maximum Gasteiger partial charge on any atom is 0.416 e. The Hall–Kier alpha value is -1.23. The molecule has 0 aliphatic rings. The third kappa shape index (κ3) is 2.86. The van der Waals surface area contributed by atoms with Crippen molar-refractivity contribution < 1.29 is 22.6 Å². The third-order valence-electron chi connectivity index (χ3n) is 1.91. The molecule has 0 unspecified atom stereocenters. The second-order valence-electron chi connectivity index (χ2n) is 2.96. The first-order valence-electron chi connectivity index (χ1n) is 4.22. The lowest BCUT2D eigenvalue weighted by Gasteiger charge is -2.11. The van der Waals surface area contributed by atoms with E-state index in [1.54, 1.807) is 0 Å². The Morgan fingerprint density at radius 2 is 1.87 bits per heavy atom. The van der Waals surface area contributed by atoms with Crippen LogP contribution < -0.4 is 4.74 Å². The fraction of sp³-hybridized carbons (Fsp3) is 0.400. The molecule has 0 aromatic heterocycles. The molecule has 84 valence electrons. The van der Waals surface area contributed by atoms with Crippen molar-refractivity contribution in [3.8, 4) is 5.75 Å². The molecule has 0 saturated carbocycles. The minimum absolute atomic E-state index is 0.187. The predicted molar refractivity (Wildman–Crippen MR) is 48.7 cm³/mol. The van der Waals surface area contributed by atoms with E-state index in [0.29, 0.717) is 5.56 Å². The molecule has 0 radical (unpaired) electrons. The summed E-state index contributed by atoms with van der Waals surface area (Å²) in [5.74, 6) is 0.187. The average molecular weight is 220 g/mol. The average Bonchev–Trinajstić information content (AvgIpc) is 2.17. The molecule has 0 fully saturated rings. The zero-order valence-electron chi connectivity index (χ0n) is 8.39. The molecular weight excluding hydrogens is 209 g/mol. The normalized spacial score (nSPS) is 11.5. The summed E-state index contributed by atoms with van der Waals surface area (Å²) < 4.78 is 46.7. The van der Waals surface area contributed by atoms with E-state index in [4.69, 9.17) is 9.47 Å². The van der Waals surface area contributed by atoms with Crippen molar-refractivity contribution in [2.24, 2.45) is 0 Å². The summed E-state index contributed by atoms with van der Waals surface area (Å²) in [6.07, 6.45) is -4.35. The Morgan fingerprint density at radius 1 is 1.20 bits per heavy atom. The molecule has 1 aromatic carbocycles. The highest BCUT2D eigenvalue weighted by molar-refractivity contribution is 5.38. The van der Waals surface area contributed by atoms with Gasteiger partial charge in [-0.15, -0.1) is 0 Å². The molecule has 0 amide bonds. The monoisotopic (exact) mass is 220 g/mol. The molecule has 15 heavy (non-hydrogen) atoms. The van der Waals surface area contributed by atoms with Crippen LogP contribution >= 0.6 is 0 Å². The number of hydrogen-bond donors (Lipinski definition) is 0. The maximum atomic E-state index is 12.3. The highest BCUT2D eigenvalue weighted by atomic mass is 19.4. The molecule has 0 heterocycles. The largest absolute Gasteiger partial charge is 0.496 e. The van der Waals surface area contributed by atoms with Crippen molar-refractivity contribution in [3.63, 3.8) is 0 Å². The van der Waals surface area contributed by atoms with Crippen molar-refractivity contribution >= 4 is 0 Å². The van der Waals surface area contributed by atoms with Crippen LogP contribution in [-0.4, -0.2) is 14.2 Å². The van der Waals surface area contributed by atoms with Crippen LogP contribution in [-0.2, 0) is 17.5 Å². The molecule has 2 nitrogen and oxygen atoms in total. The highest BCUT2D eigenvalue weighted by Gasteiger charge is 2.31. The molecule has 0 aliphatic carbocycles. The Balaban J connectivity index is 3.08. The van der Waals surface area contributed by atoms with Crippen LogP contribution in [0, 0.1) is 0 Å². The number of ether oxygens (including phenoxy) is 2. The molecule has 0 bridgehead atoms. The molecule has 5 heteroatoms. The van der Waals surface area contributed by atoms with Crippen molar-refractivity contribution in [1.82, 2.24) is 0 Å². The van der Waals surface area contributed by atoms with E-state index in [-0.39, 0.29) is 12.4 Å². The molecule has 0 atom stereocenters. The van der Waals surface area contributed by atoms with Gasteiger partial charge >= 0.3 is 6.18 Å². The van der Waals surface area contributed by atoms with Gasteiger partial charge in [-0.05, 0) is 12.1 Å². The van der Waals surface area contributed by atoms with E-state index < -0.39 is 11.7 Å². The van der Waals surface area contributed by atoms with E-state index in [1.165, 1.54) is 20.3 Å². The summed E-state index contributed by atoms with van der Waals surface area (Å²) >= 11 is 0. The van der Waals surface area contributed by atoms with Gasteiger partial charge in [0, 0.05) is 12.7 Å². The number of methoxy groups -OCH3 is 2. The second kappa shape index (κ2) is 4.53. The summed E-state index contributed by atoms with van der Waals surface area (Å²) in [4.78, 5) is 0. The number of halogens is 3. The molecule has 0 spiro atoms. The number of alkyl halides is 3. The van der Waals surface area contributed by atoms with E-state index >= 15 is 0 Å². The zero-order chi connectivity index (χ0) is 11.5. The molecule has 0 saturated heterocycles. The van der Waals surface area contributed by atoms with Gasteiger partial charge in [-0.2, -0.15) is 13.2 Å². The standard InChI is InChI=1S/C10H11F3O2/c1-14-6-7-3-4-8(10(11,12)13)5-9(7)15-2/h3-5H,6H2,1-2H3. The van der Waals surface area contributed by atoms with Crippen LogP contribution in [0.3, 0.4) is 0 Å². The molecule has 0 N–H and O–H groups in total. The van der Waals surface area contributed by atoms with Crippen molar-refractivity contribution in [1.29, 1.82) is 0 Å². The maximum absolute atomic E-state index is 12.3. The van der Waals surface area contributed by atoms with Crippen LogP contribution in [0.4, 0.5) is 13.2 Å². The summed E-state index contributed by atoms with van der Waals surface area (Å²) in [5.41, 5.74) is -0.132. The molecule has 1 aromatic rings. The first-order valence-corrected chi connectivity index (χ1v) is 4.22. The summed E-state index contributed by atoms with van der Waals surface area (Å²) in [6, 6.07) is 3.33. The SMILES string of the molecule is COCc1ccc(C(F)(F)F)cc1OC. The minimum Gasteiger partial charge on any atom is -0.496 e. The molecule has 0 aliphatic heterocycles. The second-order valence-corrected chi connectivity index (χ2v) is 2.96. The Labute approximate surface area is 85.6 Å². The van der Waals surface area contributed by atoms with Crippen LogP contribution in [0.25, 0.3) is 0 Å². The van der Waals surface area contributed by atoms with Crippen LogP contribution in [0.2, 0.25) is 0 Å². The smallest absolute Gasteiger partial charge is 0.416 e. The Morgan fingerprint density at radius 3 is 2.33 bits per heavy atom. The minimum atomic E-state index is -4.35. The van der Waals surface area contributed by atoms with Gasteiger partial charge in [0.05, 0.1) is 19.3 Å². The molecular formula is C10H11F3O2.